The first-order chi connectivity index (χ1) is 9.60. The van der Waals surface area contributed by atoms with Crippen molar-refractivity contribution in [1.82, 2.24) is 4.90 Å². The van der Waals surface area contributed by atoms with Gasteiger partial charge in [-0.05, 0) is 31.0 Å². The monoisotopic (exact) mass is 341 g/mol. The van der Waals surface area contributed by atoms with Gasteiger partial charge in [-0.3, -0.25) is 4.79 Å². The fourth-order valence-corrected chi connectivity index (χ4v) is 2.52. The fourth-order valence-electron chi connectivity index (χ4n) is 2.16. The molecule has 0 heterocycles. The number of hydrogen-bond acceptors (Lipinski definition) is 2. The van der Waals surface area contributed by atoms with E-state index in [-0.39, 0.29) is 12.5 Å². The van der Waals surface area contributed by atoms with Gasteiger partial charge >= 0.3 is 0 Å². The van der Waals surface area contributed by atoms with Crippen molar-refractivity contribution >= 4 is 21.8 Å². The number of unbranched alkanes of at least 4 members (excludes halogenated alkanes) is 3. The molecule has 1 amide bonds. The molecular formula is C16H24BrNO2. The molecular weight excluding hydrogens is 318 g/mol. The second kappa shape index (κ2) is 9.14. The van der Waals surface area contributed by atoms with Gasteiger partial charge < -0.3 is 10.0 Å². The number of aliphatic hydroxyl groups excluding tert-OH is 1. The number of carbonyl (C=O) groups excluding carboxylic acids is 1. The predicted molar refractivity (Wildman–Crippen MR) is 86.0 cm³/mol. The van der Waals surface area contributed by atoms with Crippen molar-refractivity contribution in [1.29, 1.82) is 0 Å². The third-order valence-electron chi connectivity index (χ3n) is 3.37. The maximum absolute atomic E-state index is 12.6. The molecule has 0 saturated heterocycles. The summed E-state index contributed by atoms with van der Waals surface area (Å²) < 4.78 is 0.904. The van der Waals surface area contributed by atoms with E-state index in [9.17, 15) is 4.79 Å². The number of halogens is 1. The highest BCUT2D eigenvalue weighted by Gasteiger charge is 2.17. The molecule has 0 aliphatic carbocycles. The van der Waals surface area contributed by atoms with Crippen LogP contribution in [0.4, 0.5) is 0 Å². The third-order valence-corrected chi connectivity index (χ3v) is 3.86. The van der Waals surface area contributed by atoms with E-state index < -0.39 is 0 Å². The normalized spacial score (nSPS) is 10.6. The van der Waals surface area contributed by atoms with Crippen molar-refractivity contribution in [3.05, 3.63) is 33.8 Å². The van der Waals surface area contributed by atoms with Crippen molar-refractivity contribution in [2.24, 2.45) is 0 Å². The molecule has 4 heteroatoms. The summed E-state index contributed by atoms with van der Waals surface area (Å²) in [5.74, 6) is 0.00866. The van der Waals surface area contributed by atoms with E-state index in [0.29, 0.717) is 18.7 Å². The largest absolute Gasteiger partial charge is 0.395 e. The first kappa shape index (κ1) is 17.2. The van der Waals surface area contributed by atoms with Crippen LogP contribution in [0.2, 0.25) is 0 Å². The first-order valence-corrected chi connectivity index (χ1v) is 8.05. The van der Waals surface area contributed by atoms with E-state index in [1.54, 1.807) is 4.90 Å². The van der Waals surface area contributed by atoms with E-state index in [2.05, 4.69) is 22.9 Å². The molecule has 0 saturated carbocycles. The highest BCUT2D eigenvalue weighted by atomic mass is 79.9. The minimum Gasteiger partial charge on any atom is -0.395 e. The zero-order valence-corrected chi connectivity index (χ0v) is 13.9. The number of aliphatic hydroxyl groups is 1. The number of carbonyl (C=O) groups is 1. The summed E-state index contributed by atoms with van der Waals surface area (Å²) in [6.07, 6.45) is 4.49. The van der Waals surface area contributed by atoms with Gasteiger partial charge in [0, 0.05) is 23.1 Å². The Morgan fingerprint density at radius 1 is 1.25 bits per heavy atom. The Balaban J connectivity index is 2.74. The van der Waals surface area contributed by atoms with Gasteiger partial charge in [-0.2, -0.15) is 0 Å². The summed E-state index contributed by atoms with van der Waals surface area (Å²) in [5.41, 5.74) is 1.68. The SMILES string of the molecule is CCCCCCN(CCO)C(=O)c1cc(Br)ccc1C. The summed E-state index contributed by atoms with van der Waals surface area (Å²) >= 11 is 3.41. The second-order valence-corrected chi connectivity index (χ2v) is 5.95. The maximum atomic E-state index is 12.6. The standard InChI is InChI=1S/C16H24BrNO2/c1-3-4-5-6-9-18(10-11-19)16(20)15-12-14(17)8-7-13(15)2/h7-8,12,19H,3-6,9-11H2,1-2H3. The number of rotatable bonds is 8. The Labute approximate surface area is 130 Å². The van der Waals surface area contributed by atoms with Crippen molar-refractivity contribution in [2.45, 2.75) is 39.5 Å². The molecule has 0 aromatic heterocycles. The fraction of sp³-hybridized carbons (Fsp3) is 0.562. The molecule has 112 valence electrons. The lowest BCUT2D eigenvalue weighted by Gasteiger charge is -2.22. The number of hydrogen-bond donors (Lipinski definition) is 1. The van der Waals surface area contributed by atoms with Gasteiger partial charge in [-0.25, -0.2) is 0 Å². The van der Waals surface area contributed by atoms with E-state index in [0.717, 1.165) is 22.9 Å². The van der Waals surface area contributed by atoms with Gasteiger partial charge in [0.15, 0.2) is 0 Å². The molecule has 0 bridgehead atoms. The Morgan fingerprint density at radius 2 is 2.00 bits per heavy atom. The average Bonchev–Trinajstić information content (AvgIpc) is 2.44. The van der Waals surface area contributed by atoms with E-state index in [1.165, 1.54) is 12.8 Å². The molecule has 3 nitrogen and oxygen atoms in total. The van der Waals surface area contributed by atoms with E-state index in [4.69, 9.17) is 5.11 Å². The molecule has 1 rings (SSSR count). The second-order valence-electron chi connectivity index (χ2n) is 5.04. The Morgan fingerprint density at radius 3 is 2.65 bits per heavy atom. The maximum Gasteiger partial charge on any atom is 0.254 e. The van der Waals surface area contributed by atoms with Crippen LogP contribution < -0.4 is 0 Å². The van der Waals surface area contributed by atoms with Crippen LogP contribution >= 0.6 is 15.9 Å². The zero-order valence-electron chi connectivity index (χ0n) is 12.4. The van der Waals surface area contributed by atoms with Crippen LogP contribution in [-0.4, -0.2) is 35.6 Å². The van der Waals surface area contributed by atoms with Crippen LogP contribution in [0.25, 0.3) is 0 Å². The quantitative estimate of drug-likeness (QED) is 0.731. The van der Waals surface area contributed by atoms with Crippen molar-refractivity contribution < 1.29 is 9.90 Å². The minimum absolute atomic E-state index is 0.00652. The van der Waals surface area contributed by atoms with Crippen LogP contribution in [0.15, 0.2) is 22.7 Å². The number of amides is 1. The highest BCUT2D eigenvalue weighted by molar-refractivity contribution is 9.10. The zero-order chi connectivity index (χ0) is 15.0. The van der Waals surface area contributed by atoms with Crippen molar-refractivity contribution in [3.63, 3.8) is 0 Å². The smallest absolute Gasteiger partial charge is 0.254 e. The molecule has 0 spiro atoms. The molecule has 0 aliphatic rings. The minimum atomic E-state index is 0.00652. The number of nitrogens with zero attached hydrogens (tertiary/aromatic N) is 1. The first-order valence-electron chi connectivity index (χ1n) is 7.26. The molecule has 0 radical (unpaired) electrons. The Hall–Kier alpha value is -0.870. The van der Waals surface area contributed by atoms with E-state index >= 15 is 0 Å². The van der Waals surface area contributed by atoms with Crippen LogP contribution in [0, 0.1) is 6.92 Å². The lowest BCUT2D eigenvalue weighted by atomic mass is 10.1. The van der Waals surface area contributed by atoms with Crippen molar-refractivity contribution in [2.75, 3.05) is 19.7 Å². The van der Waals surface area contributed by atoms with Gasteiger partial charge in [-0.1, -0.05) is 48.2 Å². The van der Waals surface area contributed by atoms with Crippen molar-refractivity contribution in [3.8, 4) is 0 Å². The average molecular weight is 342 g/mol. The van der Waals surface area contributed by atoms with Gasteiger partial charge in [-0.15, -0.1) is 0 Å². The summed E-state index contributed by atoms with van der Waals surface area (Å²) in [6, 6.07) is 5.73. The molecule has 1 aromatic rings. The van der Waals surface area contributed by atoms with Crippen LogP contribution in [0.3, 0.4) is 0 Å². The summed E-state index contributed by atoms with van der Waals surface area (Å²) in [5, 5.41) is 9.16. The molecule has 1 N–H and O–H groups in total. The number of benzene rings is 1. The molecule has 1 aromatic carbocycles. The summed E-state index contributed by atoms with van der Waals surface area (Å²) in [7, 11) is 0. The lowest BCUT2D eigenvalue weighted by molar-refractivity contribution is 0.0717. The molecule has 20 heavy (non-hydrogen) atoms. The topological polar surface area (TPSA) is 40.5 Å². The molecule has 0 fully saturated rings. The van der Waals surface area contributed by atoms with Crippen LogP contribution in [0.5, 0.6) is 0 Å². The highest BCUT2D eigenvalue weighted by Crippen LogP contribution is 2.18. The third kappa shape index (κ3) is 5.25. The predicted octanol–water partition coefficient (Wildman–Crippen LogP) is 3.77. The lowest BCUT2D eigenvalue weighted by Crippen LogP contribution is -2.34. The molecule has 0 unspecified atom stereocenters. The van der Waals surface area contributed by atoms with Gasteiger partial charge in [0.1, 0.15) is 0 Å². The summed E-state index contributed by atoms with van der Waals surface area (Å²) in [4.78, 5) is 14.3. The van der Waals surface area contributed by atoms with Crippen LogP contribution in [-0.2, 0) is 0 Å². The van der Waals surface area contributed by atoms with E-state index in [1.807, 2.05) is 25.1 Å². The Bertz CT molecular complexity index is 434. The van der Waals surface area contributed by atoms with Gasteiger partial charge in [0.2, 0.25) is 0 Å². The Kier molecular flexibility index (Phi) is 7.85. The summed E-state index contributed by atoms with van der Waals surface area (Å²) in [6.45, 7) is 5.23. The molecule has 0 atom stereocenters. The van der Waals surface area contributed by atoms with Crippen LogP contribution in [0.1, 0.15) is 48.5 Å². The van der Waals surface area contributed by atoms with Gasteiger partial charge in [0.25, 0.3) is 5.91 Å². The molecule has 0 aliphatic heterocycles. The van der Waals surface area contributed by atoms with Gasteiger partial charge in [0.05, 0.1) is 6.61 Å². The number of aryl methyl sites for hydroxylation is 1.